The second-order valence-electron chi connectivity index (χ2n) is 10.8. The third kappa shape index (κ3) is 5.51. The van der Waals surface area contributed by atoms with Crippen molar-refractivity contribution < 1.29 is 0 Å². The fourth-order valence-electron chi connectivity index (χ4n) is 6.61. The lowest BCUT2D eigenvalue weighted by Crippen LogP contribution is -2.38. The number of fused-ring (bicyclic) bond motifs is 1. The monoisotopic (exact) mass is 393 g/mol. The highest BCUT2D eigenvalue weighted by Crippen LogP contribution is 2.53. The molecule has 0 aromatic carbocycles. The highest BCUT2D eigenvalue weighted by Gasteiger charge is 2.42. The van der Waals surface area contributed by atoms with Crippen LogP contribution in [0.5, 0.6) is 0 Å². The molecule has 0 N–H and O–H groups in total. The molecule has 1 saturated carbocycles. The van der Waals surface area contributed by atoms with Gasteiger partial charge in [-0.2, -0.15) is 0 Å². The molecule has 29 heavy (non-hydrogen) atoms. The van der Waals surface area contributed by atoms with Gasteiger partial charge in [0, 0.05) is 0 Å². The van der Waals surface area contributed by atoms with Crippen LogP contribution < -0.4 is 0 Å². The first-order valence-corrected chi connectivity index (χ1v) is 12.8. The minimum Gasteiger partial charge on any atom is -0.105 e. The Morgan fingerprint density at radius 2 is 1.72 bits per heavy atom. The highest BCUT2D eigenvalue weighted by molar-refractivity contribution is 6.50. The van der Waals surface area contributed by atoms with Crippen molar-refractivity contribution in [2.24, 2.45) is 23.7 Å². The first kappa shape index (κ1) is 23.0. The van der Waals surface area contributed by atoms with Crippen molar-refractivity contribution in [1.29, 1.82) is 0 Å². The molecule has 0 aliphatic heterocycles. The summed E-state index contributed by atoms with van der Waals surface area (Å²) in [5.74, 6) is 3.33. The first-order valence-electron chi connectivity index (χ1n) is 12.8. The molecule has 0 heterocycles. The van der Waals surface area contributed by atoms with Gasteiger partial charge in [0.15, 0.2) is 7.28 Å². The molecule has 1 fully saturated rings. The number of hydrogen-bond acceptors (Lipinski definition) is 0. The quantitative estimate of drug-likeness (QED) is 0.323. The van der Waals surface area contributed by atoms with Crippen LogP contribution in [-0.4, -0.2) is 7.28 Å². The van der Waals surface area contributed by atoms with Crippen LogP contribution in [0.15, 0.2) is 35.3 Å². The van der Waals surface area contributed by atoms with E-state index in [0.29, 0.717) is 5.31 Å². The molecule has 3 aliphatic rings. The van der Waals surface area contributed by atoms with E-state index in [-0.39, 0.29) is 0 Å². The summed E-state index contributed by atoms with van der Waals surface area (Å²) in [6.45, 7) is 13.9. The zero-order valence-corrected chi connectivity index (χ0v) is 19.9. The fourth-order valence-corrected chi connectivity index (χ4v) is 6.61. The van der Waals surface area contributed by atoms with Gasteiger partial charge >= 0.3 is 0 Å². The predicted octanol–water partition coefficient (Wildman–Crippen LogP) is 8.87. The largest absolute Gasteiger partial charge is 0.153 e. The van der Waals surface area contributed by atoms with E-state index < -0.39 is 0 Å². The lowest BCUT2D eigenvalue weighted by atomic mass is 9.36. The molecule has 0 nitrogen and oxygen atoms in total. The Bertz CT molecular complexity index is 612. The molecular weight excluding hydrogens is 347 g/mol. The molecule has 161 valence electrons. The Kier molecular flexibility index (Phi) is 8.35. The van der Waals surface area contributed by atoms with E-state index in [2.05, 4.69) is 53.7 Å². The number of hydrogen-bond donors (Lipinski definition) is 0. The second kappa shape index (κ2) is 10.5. The Morgan fingerprint density at radius 3 is 2.48 bits per heavy atom. The third-order valence-corrected chi connectivity index (χ3v) is 8.97. The maximum atomic E-state index is 4.09. The molecule has 0 saturated heterocycles. The standard InChI is InChI=1S/C28H46B/c1-6-23-15-8-9-17-24(18-12-16-23)28(5,7-2)29-27-22(4)25-19-10-13-21(3)14-11-20-26(25)27/h6,14,23-26H,1,7-13,15-20H2,2-5H3/b21-14+. The van der Waals surface area contributed by atoms with Crippen LogP contribution in [0.4, 0.5) is 0 Å². The number of allylic oxidation sites excluding steroid dienone is 5. The lowest BCUT2D eigenvalue weighted by molar-refractivity contribution is 0.300. The third-order valence-electron chi connectivity index (χ3n) is 8.97. The summed E-state index contributed by atoms with van der Waals surface area (Å²) in [6.07, 6.45) is 22.6. The van der Waals surface area contributed by atoms with Crippen LogP contribution in [-0.2, 0) is 0 Å². The molecule has 5 atom stereocenters. The van der Waals surface area contributed by atoms with Gasteiger partial charge in [0.05, 0.1) is 0 Å². The molecule has 0 amide bonds. The van der Waals surface area contributed by atoms with E-state index in [4.69, 9.17) is 0 Å². The molecule has 1 heteroatoms. The topological polar surface area (TPSA) is 0 Å². The van der Waals surface area contributed by atoms with Crippen LogP contribution in [0.3, 0.4) is 0 Å². The molecule has 3 rings (SSSR count). The van der Waals surface area contributed by atoms with Crippen molar-refractivity contribution in [3.63, 3.8) is 0 Å². The lowest BCUT2D eigenvalue weighted by Gasteiger charge is -2.47. The Balaban J connectivity index is 1.70. The highest BCUT2D eigenvalue weighted by atomic mass is 14.4. The molecule has 3 aliphatic carbocycles. The van der Waals surface area contributed by atoms with Crippen molar-refractivity contribution >= 4 is 7.28 Å². The van der Waals surface area contributed by atoms with Crippen molar-refractivity contribution in [1.82, 2.24) is 0 Å². The van der Waals surface area contributed by atoms with E-state index in [1.807, 2.05) is 0 Å². The van der Waals surface area contributed by atoms with Gasteiger partial charge in [-0.25, -0.2) is 0 Å². The molecule has 0 aromatic rings. The fraction of sp³-hybridized carbons (Fsp3) is 0.786. The van der Waals surface area contributed by atoms with Gasteiger partial charge in [0.25, 0.3) is 0 Å². The average Bonchev–Trinajstić information content (AvgIpc) is 2.90. The van der Waals surface area contributed by atoms with Crippen molar-refractivity contribution in [3.05, 3.63) is 35.3 Å². The van der Waals surface area contributed by atoms with E-state index in [9.17, 15) is 0 Å². The number of rotatable bonds is 5. The van der Waals surface area contributed by atoms with Crippen molar-refractivity contribution in [2.45, 2.75) is 116 Å². The van der Waals surface area contributed by atoms with E-state index in [1.54, 1.807) is 16.6 Å². The summed E-state index contributed by atoms with van der Waals surface area (Å²) in [5.41, 5.74) is 5.12. The van der Waals surface area contributed by atoms with Gasteiger partial charge in [-0.05, 0) is 82.5 Å². The molecule has 0 aromatic heterocycles. The maximum Gasteiger partial charge on any atom is 0.153 e. The smallest absolute Gasteiger partial charge is 0.105 e. The molecule has 1 radical (unpaired) electrons. The van der Waals surface area contributed by atoms with Gasteiger partial charge < -0.3 is 0 Å². The van der Waals surface area contributed by atoms with Crippen LogP contribution in [0, 0.1) is 23.7 Å². The zero-order valence-electron chi connectivity index (χ0n) is 19.9. The van der Waals surface area contributed by atoms with E-state index in [1.165, 1.54) is 83.5 Å². The summed E-state index contributed by atoms with van der Waals surface area (Å²) in [7, 11) is 2.80. The zero-order chi connectivity index (χ0) is 20.9. The summed E-state index contributed by atoms with van der Waals surface area (Å²) >= 11 is 0. The average molecular weight is 393 g/mol. The molecule has 5 unspecified atom stereocenters. The minimum absolute atomic E-state index is 0.375. The molecule has 0 bridgehead atoms. The van der Waals surface area contributed by atoms with Gasteiger partial charge in [-0.1, -0.05) is 81.0 Å². The van der Waals surface area contributed by atoms with Crippen LogP contribution in [0.25, 0.3) is 0 Å². The SMILES string of the molecule is C=CC1CCCCC(C(C)([B]C2=C(C)C3CCC/C(C)=C/CCC23)CC)CCC1. The van der Waals surface area contributed by atoms with E-state index in [0.717, 1.165) is 23.7 Å². The first-order chi connectivity index (χ1) is 14.0. The normalized spacial score (nSPS) is 35.7. The van der Waals surface area contributed by atoms with Gasteiger partial charge in [-0.15, -0.1) is 12.1 Å². The van der Waals surface area contributed by atoms with Crippen LogP contribution in [0.2, 0.25) is 5.31 Å². The van der Waals surface area contributed by atoms with Crippen LogP contribution in [0.1, 0.15) is 111 Å². The van der Waals surface area contributed by atoms with Gasteiger partial charge in [0.1, 0.15) is 0 Å². The summed E-state index contributed by atoms with van der Waals surface area (Å²) in [4.78, 5) is 0. The minimum atomic E-state index is 0.375. The summed E-state index contributed by atoms with van der Waals surface area (Å²) in [5, 5.41) is 0.375. The van der Waals surface area contributed by atoms with Gasteiger partial charge in [0.2, 0.25) is 0 Å². The van der Waals surface area contributed by atoms with Crippen LogP contribution >= 0.6 is 0 Å². The Labute approximate surface area is 182 Å². The van der Waals surface area contributed by atoms with Gasteiger partial charge in [-0.3, -0.25) is 0 Å². The molecule has 0 spiro atoms. The molecular formula is C28H46B. The summed E-state index contributed by atoms with van der Waals surface area (Å²) in [6, 6.07) is 0. The summed E-state index contributed by atoms with van der Waals surface area (Å²) < 4.78 is 0. The Hall–Kier alpha value is -0.715. The van der Waals surface area contributed by atoms with Crippen molar-refractivity contribution in [3.8, 4) is 0 Å². The predicted molar refractivity (Wildman–Crippen MR) is 130 cm³/mol. The van der Waals surface area contributed by atoms with E-state index >= 15 is 0 Å². The van der Waals surface area contributed by atoms with Crippen molar-refractivity contribution in [2.75, 3.05) is 0 Å². The Morgan fingerprint density at radius 1 is 1.00 bits per heavy atom. The maximum absolute atomic E-state index is 4.09. The second-order valence-corrected chi connectivity index (χ2v) is 10.8.